The van der Waals surface area contributed by atoms with Crippen LogP contribution in [-0.2, 0) is 9.09 Å². The monoisotopic (exact) mass is 203 g/mol. The molecule has 0 saturated carbocycles. The van der Waals surface area contributed by atoms with Gasteiger partial charge >= 0.3 is 13.3 Å². The first kappa shape index (κ1) is 12.0. The van der Waals surface area contributed by atoms with Gasteiger partial charge in [-0.3, -0.25) is 4.57 Å². The molecule has 0 aromatic heterocycles. The lowest BCUT2D eigenvalue weighted by Crippen LogP contribution is -2.22. The van der Waals surface area contributed by atoms with Crippen molar-refractivity contribution in [3.05, 3.63) is 0 Å². The van der Waals surface area contributed by atoms with Gasteiger partial charge in [-0.2, -0.15) is 8.78 Å². The standard InChI is InChI=1S/C5H12F2NO3P/c1-2-11-12(9,10)5(6,7)3-4-8/h2-4,8H2,1H3,(H,9,10). The fourth-order valence-electron chi connectivity index (χ4n) is 0.584. The minimum Gasteiger partial charge on any atom is -0.330 e. The number of halogens is 2. The predicted octanol–water partition coefficient (Wildman–Crippen LogP) is 1.15. The molecule has 0 aromatic rings. The zero-order valence-electron chi connectivity index (χ0n) is 6.67. The van der Waals surface area contributed by atoms with E-state index in [1.54, 1.807) is 0 Å². The third kappa shape index (κ3) is 2.79. The summed E-state index contributed by atoms with van der Waals surface area (Å²) in [4.78, 5) is 8.70. The molecule has 7 heteroatoms. The van der Waals surface area contributed by atoms with Crippen molar-refractivity contribution in [3.63, 3.8) is 0 Å². The van der Waals surface area contributed by atoms with Crippen molar-refractivity contribution < 1.29 is 22.8 Å². The summed E-state index contributed by atoms with van der Waals surface area (Å²) in [6.45, 7) is 0.778. The number of nitrogens with two attached hydrogens (primary N) is 1. The van der Waals surface area contributed by atoms with Gasteiger partial charge in [0.25, 0.3) is 0 Å². The van der Waals surface area contributed by atoms with E-state index in [4.69, 9.17) is 10.6 Å². The van der Waals surface area contributed by atoms with Gasteiger partial charge in [0.15, 0.2) is 0 Å². The molecule has 74 valence electrons. The second-order valence-electron chi connectivity index (χ2n) is 2.14. The molecule has 0 saturated heterocycles. The van der Waals surface area contributed by atoms with E-state index in [-0.39, 0.29) is 13.2 Å². The van der Waals surface area contributed by atoms with Crippen molar-refractivity contribution in [3.8, 4) is 0 Å². The Hall–Kier alpha value is -0.0300. The predicted molar refractivity (Wildman–Crippen MR) is 40.1 cm³/mol. The maximum absolute atomic E-state index is 12.7. The van der Waals surface area contributed by atoms with Gasteiger partial charge in [0.2, 0.25) is 0 Å². The summed E-state index contributed by atoms with van der Waals surface area (Å²) >= 11 is 0. The van der Waals surface area contributed by atoms with Crippen molar-refractivity contribution in [2.75, 3.05) is 13.2 Å². The van der Waals surface area contributed by atoms with E-state index in [1.165, 1.54) is 6.92 Å². The second kappa shape index (κ2) is 4.28. The number of hydrogen-bond donors (Lipinski definition) is 2. The fourth-order valence-corrected chi connectivity index (χ4v) is 1.53. The van der Waals surface area contributed by atoms with Crippen LogP contribution in [0.5, 0.6) is 0 Å². The van der Waals surface area contributed by atoms with Crippen LogP contribution in [0.4, 0.5) is 8.78 Å². The first-order chi connectivity index (χ1) is 5.37. The average molecular weight is 203 g/mol. The van der Waals surface area contributed by atoms with Crippen molar-refractivity contribution in [2.24, 2.45) is 5.73 Å². The summed E-state index contributed by atoms with van der Waals surface area (Å²) in [7, 11) is -4.83. The van der Waals surface area contributed by atoms with E-state index in [0.717, 1.165) is 0 Å². The highest BCUT2D eigenvalue weighted by molar-refractivity contribution is 7.54. The van der Waals surface area contributed by atoms with E-state index < -0.39 is 19.7 Å². The van der Waals surface area contributed by atoms with E-state index in [1.807, 2.05) is 0 Å². The van der Waals surface area contributed by atoms with Crippen LogP contribution in [0.1, 0.15) is 13.3 Å². The van der Waals surface area contributed by atoms with E-state index in [0.29, 0.717) is 0 Å². The first-order valence-corrected chi connectivity index (χ1v) is 5.00. The Morgan fingerprint density at radius 2 is 2.17 bits per heavy atom. The van der Waals surface area contributed by atoms with Crippen LogP contribution in [0.15, 0.2) is 0 Å². The molecule has 0 bridgehead atoms. The lowest BCUT2D eigenvalue weighted by molar-refractivity contribution is 0.0437. The minimum absolute atomic E-state index is 0.228. The first-order valence-electron chi connectivity index (χ1n) is 3.42. The van der Waals surface area contributed by atoms with Crippen LogP contribution in [0, 0.1) is 0 Å². The third-order valence-electron chi connectivity index (χ3n) is 1.16. The van der Waals surface area contributed by atoms with Crippen molar-refractivity contribution >= 4 is 7.60 Å². The number of hydrogen-bond acceptors (Lipinski definition) is 3. The smallest absolute Gasteiger partial charge is 0.330 e. The van der Waals surface area contributed by atoms with E-state index in [9.17, 15) is 13.3 Å². The van der Waals surface area contributed by atoms with Gasteiger partial charge in [0, 0.05) is 6.42 Å². The van der Waals surface area contributed by atoms with Gasteiger partial charge in [0.1, 0.15) is 0 Å². The summed E-state index contributed by atoms with van der Waals surface area (Å²) in [5.41, 5.74) is 1.10. The highest BCUT2D eigenvalue weighted by Crippen LogP contribution is 2.58. The van der Waals surface area contributed by atoms with Crippen molar-refractivity contribution in [1.82, 2.24) is 0 Å². The lowest BCUT2D eigenvalue weighted by Gasteiger charge is -2.20. The van der Waals surface area contributed by atoms with Gasteiger partial charge in [-0.25, -0.2) is 0 Å². The molecular weight excluding hydrogens is 191 g/mol. The summed E-state index contributed by atoms with van der Waals surface area (Å²) in [6.07, 6.45) is -0.846. The molecule has 3 N–H and O–H groups in total. The fraction of sp³-hybridized carbons (Fsp3) is 1.00. The minimum atomic E-state index is -4.83. The highest BCUT2D eigenvalue weighted by atomic mass is 31.2. The number of rotatable bonds is 5. The van der Waals surface area contributed by atoms with Crippen LogP contribution in [0.2, 0.25) is 0 Å². The van der Waals surface area contributed by atoms with Gasteiger partial charge in [0.05, 0.1) is 6.61 Å². The molecular formula is C5H12F2NO3P. The molecule has 0 rings (SSSR count). The van der Waals surface area contributed by atoms with Crippen LogP contribution < -0.4 is 5.73 Å². The van der Waals surface area contributed by atoms with Crippen molar-refractivity contribution in [2.45, 2.75) is 19.0 Å². The Kier molecular flexibility index (Phi) is 4.26. The van der Waals surface area contributed by atoms with Gasteiger partial charge in [-0.1, -0.05) is 0 Å². The molecule has 4 nitrogen and oxygen atoms in total. The molecule has 0 aliphatic rings. The molecule has 0 spiro atoms. The zero-order chi connectivity index (χ0) is 9.83. The Morgan fingerprint density at radius 3 is 2.50 bits per heavy atom. The maximum atomic E-state index is 12.7. The SMILES string of the molecule is CCOP(=O)(O)C(F)(F)CCN. The van der Waals surface area contributed by atoms with Gasteiger partial charge in [-0.05, 0) is 13.5 Å². The quantitative estimate of drug-likeness (QED) is 0.657. The molecule has 0 radical (unpaired) electrons. The number of alkyl halides is 2. The normalized spacial score (nSPS) is 17.4. The Morgan fingerprint density at radius 1 is 1.67 bits per heavy atom. The Balaban J connectivity index is 4.40. The zero-order valence-corrected chi connectivity index (χ0v) is 7.56. The Labute approximate surface area is 69.2 Å². The largest absolute Gasteiger partial charge is 0.397 e. The maximum Gasteiger partial charge on any atom is 0.397 e. The molecule has 0 aliphatic carbocycles. The molecule has 1 atom stereocenters. The average Bonchev–Trinajstić information content (AvgIpc) is 1.86. The molecule has 0 fully saturated rings. The molecule has 0 aromatic carbocycles. The molecule has 12 heavy (non-hydrogen) atoms. The molecule has 0 amide bonds. The van der Waals surface area contributed by atoms with Gasteiger partial charge in [-0.15, -0.1) is 0 Å². The molecule has 0 heterocycles. The topological polar surface area (TPSA) is 72.5 Å². The highest BCUT2D eigenvalue weighted by Gasteiger charge is 2.49. The second-order valence-corrected chi connectivity index (χ2v) is 4.10. The molecule has 0 aliphatic heterocycles. The van der Waals surface area contributed by atoms with Gasteiger partial charge < -0.3 is 15.2 Å². The van der Waals surface area contributed by atoms with Crippen LogP contribution in [-0.4, -0.2) is 23.7 Å². The van der Waals surface area contributed by atoms with Crippen LogP contribution in [0.25, 0.3) is 0 Å². The summed E-state index contributed by atoms with van der Waals surface area (Å²) < 4.78 is 40.1. The van der Waals surface area contributed by atoms with E-state index in [2.05, 4.69) is 4.52 Å². The van der Waals surface area contributed by atoms with E-state index >= 15 is 0 Å². The Bertz CT molecular complexity index is 188. The summed E-state index contributed by atoms with van der Waals surface area (Å²) in [6, 6.07) is 0. The van der Waals surface area contributed by atoms with Crippen LogP contribution >= 0.6 is 7.60 Å². The third-order valence-corrected chi connectivity index (χ3v) is 2.82. The van der Waals surface area contributed by atoms with Crippen molar-refractivity contribution in [1.29, 1.82) is 0 Å². The lowest BCUT2D eigenvalue weighted by atomic mass is 10.4. The summed E-state index contributed by atoms with van der Waals surface area (Å²) in [5.74, 6) is 0. The summed E-state index contributed by atoms with van der Waals surface area (Å²) in [5, 5.41) is 0. The van der Waals surface area contributed by atoms with Crippen LogP contribution in [0.3, 0.4) is 0 Å². The molecule has 1 unspecified atom stereocenters.